The smallest absolute Gasteiger partial charge is 0.336 e. The van der Waals surface area contributed by atoms with Gasteiger partial charge in [-0.15, -0.1) is 0 Å². The van der Waals surface area contributed by atoms with Gasteiger partial charge in [0.15, 0.2) is 0 Å². The minimum Gasteiger partial charge on any atom is -0.469 e. The molecule has 7 nitrogen and oxygen atoms in total. The molecule has 3 rings (SSSR count). The van der Waals surface area contributed by atoms with Crippen molar-refractivity contribution in [2.45, 2.75) is 4.90 Å². The van der Waals surface area contributed by atoms with Crippen LogP contribution in [0, 0.1) is 5.92 Å². The molecule has 0 radical (unpaired) electrons. The zero-order valence-corrected chi connectivity index (χ0v) is 12.5. The first-order valence-corrected chi connectivity index (χ1v) is 7.98. The molecule has 2 heterocycles. The molecule has 0 bridgehead atoms. The molecule has 1 aromatic heterocycles. The highest BCUT2D eigenvalue weighted by Gasteiger charge is 2.41. The van der Waals surface area contributed by atoms with Gasteiger partial charge in [0.2, 0.25) is 10.0 Å². The molecular weight excluding hydrogens is 310 g/mol. The fourth-order valence-electron chi connectivity index (χ4n) is 2.31. The Morgan fingerprint density at radius 2 is 2.00 bits per heavy atom. The van der Waals surface area contributed by atoms with Crippen molar-refractivity contribution in [3.63, 3.8) is 0 Å². The lowest BCUT2D eigenvalue weighted by molar-refractivity contribution is -0.149. The average molecular weight is 323 g/mol. The number of methoxy groups -OCH3 is 1. The summed E-state index contributed by atoms with van der Waals surface area (Å²) < 4.78 is 35.7. The standard InChI is InChI=1S/C14H13NO6S/c1-20-14(17)10-7-15(8-10)22(18,19)11-3-4-12-9(6-11)2-5-13(16)21-12/h2-6,10H,7-8H2,1H3. The molecule has 22 heavy (non-hydrogen) atoms. The van der Waals surface area contributed by atoms with E-state index in [1.54, 1.807) is 0 Å². The van der Waals surface area contributed by atoms with E-state index in [0.717, 1.165) is 0 Å². The van der Waals surface area contributed by atoms with Crippen LogP contribution in [0.25, 0.3) is 11.0 Å². The summed E-state index contributed by atoms with van der Waals surface area (Å²) in [7, 11) is -2.40. The molecule has 1 aliphatic heterocycles. The lowest BCUT2D eigenvalue weighted by Gasteiger charge is -2.36. The first kappa shape index (κ1) is 14.7. The third kappa shape index (κ3) is 2.40. The Morgan fingerprint density at radius 1 is 1.27 bits per heavy atom. The fourth-order valence-corrected chi connectivity index (χ4v) is 3.88. The van der Waals surface area contributed by atoms with Crippen LogP contribution in [0.4, 0.5) is 0 Å². The molecule has 0 unspecified atom stereocenters. The van der Waals surface area contributed by atoms with Crippen molar-refractivity contribution >= 4 is 27.0 Å². The summed E-state index contributed by atoms with van der Waals surface area (Å²) in [5.41, 5.74) is -0.172. The molecule has 1 aromatic carbocycles. The predicted octanol–water partition coefficient (Wildman–Crippen LogP) is 0.586. The third-order valence-corrected chi connectivity index (χ3v) is 5.44. The zero-order chi connectivity index (χ0) is 15.9. The predicted molar refractivity (Wildman–Crippen MR) is 76.7 cm³/mol. The van der Waals surface area contributed by atoms with E-state index in [-0.39, 0.29) is 18.0 Å². The number of carbonyl (C=O) groups excluding carboxylic acids is 1. The van der Waals surface area contributed by atoms with E-state index in [1.165, 1.54) is 41.7 Å². The molecule has 8 heteroatoms. The van der Waals surface area contributed by atoms with Gasteiger partial charge in [0.05, 0.1) is 17.9 Å². The summed E-state index contributed by atoms with van der Waals surface area (Å²) in [6, 6.07) is 7.01. The molecule has 116 valence electrons. The summed E-state index contributed by atoms with van der Waals surface area (Å²) >= 11 is 0. The van der Waals surface area contributed by atoms with E-state index in [2.05, 4.69) is 4.74 Å². The number of hydrogen-bond donors (Lipinski definition) is 0. The van der Waals surface area contributed by atoms with Crippen molar-refractivity contribution < 1.29 is 22.4 Å². The second-order valence-corrected chi connectivity index (χ2v) is 6.93. The van der Waals surface area contributed by atoms with Gasteiger partial charge in [-0.2, -0.15) is 4.31 Å². The monoisotopic (exact) mass is 323 g/mol. The van der Waals surface area contributed by atoms with Gasteiger partial charge in [-0.05, 0) is 24.3 Å². The Bertz CT molecular complexity index is 895. The zero-order valence-electron chi connectivity index (χ0n) is 11.7. The molecule has 0 N–H and O–H groups in total. The molecule has 1 saturated heterocycles. The third-order valence-electron chi connectivity index (χ3n) is 3.61. The van der Waals surface area contributed by atoms with Crippen molar-refractivity contribution in [1.29, 1.82) is 0 Å². The lowest BCUT2D eigenvalue weighted by Crippen LogP contribution is -2.53. The van der Waals surface area contributed by atoms with Crippen molar-refractivity contribution in [3.8, 4) is 0 Å². The number of esters is 1. The largest absolute Gasteiger partial charge is 0.469 e. The van der Waals surface area contributed by atoms with Crippen LogP contribution in [-0.2, 0) is 19.6 Å². The fraction of sp³-hybridized carbons (Fsp3) is 0.286. The Morgan fingerprint density at radius 3 is 2.68 bits per heavy atom. The quantitative estimate of drug-likeness (QED) is 0.606. The Hall–Kier alpha value is -2.19. The average Bonchev–Trinajstić information content (AvgIpc) is 2.44. The van der Waals surface area contributed by atoms with Gasteiger partial charge >= 0.3 is 11.6 Å². The van der Waals surface area contributed by atoms with E-state index in [4.69, 9.17) is 4.42 Å². The Kier molecular flexibility index (Phi) is 3.50. The van der Waals surface area contributed by atoms with Crippen molar-refractivity contribution in [1.82, 2.24) is 4.31 Å². The summed E-state index contributed by atoms with van der Waals surface area (Å²) in [5.74, 6) is -0.829. The molecule has 1 aliphatic rings. The topological polar surface area (TPSA) is 93.9 Å². The molecule has 1 fully saturated rings. The van der Waals surface area contributed by atoms with Crippen LogP contribution in [0.5, 0.6) is 0 Å². The van der Waals surface area contributed by atoms with Crippen LogP contribution in [0.3, 0.4) is 0 Å². The Balaban J connectivity index is 1.89. The van der Waals surface area contributed by atoms with Gasteiger partial charge in [0.25, 0.3) is 0 Å². The summed E-state index contributed by atoms with van der Waals surface area (Å²) in [4.78, 5) is 22.5. The molecular formula is C14H13NO6S. The van der Waals surface area contributed by atoms with Crippen LogP contribution in [-0.4, -0.2) is 38.9 Å². The highest BCUT2D eigenvalue weighted by molar-refractivity contribution is 7.89. The molecule has 0 saturated carbocycles. The number of carbonyl (C=O) groups is 1. The van der Waals surface area contributed by atoms with Gasteiger partial charge < -0.3 is 9.15 Å². The van der Waals surface area contributed by atoms with Gasteiger partial charge in [-0.25, -0.2) is 13.2 Å². The van der Waals surface area contributed by atoms with E-state index in [9.17, 15) is 18.0 Å². The van der Waals surface area contributed by atoms with Crippen LogP contribution in [0.15, 0.2) is 44.4 Å². The minimum atomic E-state index is -3.67. The van der Waals surface area contributed by atoms with Gasteiger partial charge in [-0.3, -0.25) is 4.79 Å². The minimum absolute atomic E-state index is 0.0946. The summed E-state index contributed by atoms with van der Waals surface area (Å²) in [6.07, 6.45) is 0. The number of sulfonamides is 1. The van der Waals surface area contributed by atoms with E-state index >= 15 is 0 Å². The first-order valence-electron chi connectivity index (χ1n) is 6.54. The first-order chi connectivity index (χ1) is 10.4. The maximum atomic E-state index is 12.5. The van der Waals surface area contributed by atoms with Gasteiger partial charge in [0.1, 0.15) is 5.58 Å². The van der Waals surface area contributed by atoms with Crippen LogP contribution in [0.1, 0.15) is 0 Å². The number of ether oxygens (including phenoxy) is 1. The molecule has 0 spiro atoms. The number of hydrogen-bond acceptors (Lipinski definition) is 6. The SMILES string of the molecule is COC(=O)C1CN(S(=O)(=O)c2ccc3oc(=O)ccc3c2)C1. The number of benzene rings is 1. The van der Waals surface area contributed by atoms with E-state index in [0.29, 0.717) is 11.0 Å². The normalized spacial score (nSPS) is 16.4. The highest BCUT2D eigenvalue weighted by Crippen LogP contribution is 2.27. The van der Waals surface area contributed by atoms with Gasteiger partial charge in [0, 0.05) is 24.5 Å². The maximum absolute atomic E-state index is 12.5. The number of rotatable bonds is 3. The molecule has 0 aliphatic carbocycles. The van der Waals surface area contributed by atoms with E-state index < -0.39 is 27.5 Å². The summed E-state index contributed by atoms with van der Waals surface area (Å²) in [6.45, 7) is 0.216. The molecule has 0 amide bonds. The van der Waals surface area contributed by atoms with Crippen molar-refractivity contribution in [2.75, 3.05) is 20.2 Å². The molecule has 2 aromatic rings. The number of fused-ring (bicyclic) bond motifs is 1. The van der Waals surface area contributed by atoms with Crippen LogP contribution in [0.2, 0.25) is 0 Å². The van der Waals surface area contributed by atoms with Crippen LogP contribution < -0.4 is 5.63 Å². The van der Waals surface area contributed by atoms with Gasteiger partial charge in [-0.1, -0.05) is 0 Å². The second-order valence-electron chi connectivity index (χ2n) is 5.00. The highest BCUT2D eigenvalue weighted by atomic mass is 32.2. The molecule has 0 atom stereocenters. The van der Waals surface area contributed by atoms with Crippen molar-refractivity contribution in [3.05, 3.63) is 40.8 Å². The summed E-state index contributed by atoms with van der Waals surface area (Å²) in [5, 5.41) is 0.519. The van der Waals surface area contributed by atoms with Crippen LogP contribution >= 0.6 is 0 Å². The second kappa shape index (κ2) is 5.22. The lowest BCUT2D eigenvalue weighted by atomic mass is 10.0. The Labute approximate surface area is 126 Å². The number of nitrogens with zero attached hydrogens (tertiary/aromatic N) is 1. The van der Waals surface area contributed by atoms with Crippen molar-refractivity contribution in [2.24, 2.45) is 5.92 Å². The van der Waals surface area contributed by atoms with E-state index in [1.807, 2.05) is 0 Å². The maximum Gasteiger partial charge on any atom is 0.336 e.